The molecule has 0 radical (unpaired) electrons. The first-order valence-corrected chi connectivity index (χ1v) is 11.6. The Hall–Kier alpha value is -4.33. The SMILES string of the molecule is Cc1cc2c(cn1)cc(-c1cc(NC(=O)c3ccnc(NC(=O)C(C)(C)C)c3)ccc1C)c(=O)n2C. The van der Waals surface area contributed by atoms with Crippen molar-refractivity contribution in [2.24, 2.45) is 12.5 Å². The molecule has 0 unspecified atom stereocenters. The molecule has 0 aliphatic rings. The molecule has 2 N–H and O–H groups in total. The number of nitrogens with zero attached hydrogens (tertiary/aromatic N) is 3. The molecule has 184 valence electrons. The van der Waals surface area contributed by atoms with Crippen molar-refractivity contribution >= 4 is 34.2 Å². The maximum Gasteiger partial charge on any atom is 0.258 e. The van der Waals surface area contributed by atoms with E-state index in [1.54, 1.807) is 56.8 Å². The zero-order chi connectivity index (χ0) is 26.2. The largest absolute Gasteiger partial charge is 0.322 e. The molecule has 0 bridgehead atoms. The van der Waals surface area contributed by atoms with Crippen LogP contribution in [0.2, 0.25) is 0 Å². The number of hydrogen-bond donors (Lipinski definition) is 2. The Bertz CT molecular complexity index is 1560. The molecule has 0 fully saturated rings. The summed E-state index contributed by atoms with van der Waals surface area (Å²) in [5, 5.41) is 6.48. The summed E-state index contributed by atoms with van der Waals surface area (Å²) in [6, 6.07) is 12.3. The molecule has 4 rings (SSSR count). The first-order valence-electron chi connectivity index (χ1n) is 11.6. The third-order valence-electron chi connectivity index (χ3n) is 5.98. The fourth-order valence-electron chi connectivity index (χ4n) is 3.80. The second kappa shape index (κ2) is 9.37. The number of nitrogens with one attached hydrogen (secondary N) is 2. The molecule has 0 aliphatic heterocycles. The van der Waals surface area contributed by atoms with Gasteiger partial charge in [-0.25, -0.2) is 4.98 Å². The normalized spacial score (nSPS) is 11.4. The van der Waals surface area contributed by atoms with Crippen LogP contribution in [-0.2, 0) is 11.8 Å². The smallest absolute Gasteiger partial charge is 0.258 e. The number of anilines is 2. The standard InChI is InChI=1S/C28H29N5O3/c1-16-7-8-20(31-25(34)18-9-10-29-24(13-18)32-27(36)28(3,4)5)14-21(16)22-12-19-15-30-17(2)11-23(19)33(6)26(22)35/h7-15H,1-6H3,(H,31,34)(H,29,32,36). The lowest BCUT2D eigenvalue weighted by Gasteiger charge is -2.17. The molecule has 8 heteroatoms. The third kappa shape index (κ3) is 5.02. The lowest BCUT2D eigenvalue weighted by Crippen LogP contribution is -2.28. The van der Waals surface area contributed by atoms with Crippen LogP contribution in [0.25, 0.3) is 22.0 Å². The number of amides is 2. The van der Waals surface area contributed by atoms with Crippen molar-refractivity contribution in [2.75, 3.05) is 10.6 Å². The molecular weight excluding hydrogens is 454 g/mol. The van der Waals surface area contributed by atoms with Gasteiger partial charge in [0.25, 0.3) is 11.5 Å². The quantitative estimate of drug-likeness (QED) is 0.432. The van der Waals surface area contributed by atoms with E-state index in [-0.39, 0.29) is 17.4 Å². The molecule has 3 heterocycles. The first-order chi connectivity index (χ1) is 16.9. The number of aromatic nitrogens is 3. The van der Waals surface area contributed by atoms with E-state index in [9.17, 15) is 14.4 Å². The summed E-state index contributed by atoms with van der Waals surface area (Å²) in [7, 11) is 1.74. The zero-order valence-electron chi connectivity index (χ0n) is 21.3. The molecule has 0 aliphatic carbocycles. The van der Waals surface area contributed by atoms with E-state index in [4.69, 9.17) is 0 Å². The van der Waals surface area contributed by atoms with Crippen LogP contribution in [0.1, 0.15) is 42.4 Å². The molecule has 4 aromatic rings. The maximum atomic E-state index is 13.2. The summed E-state index contributed by atoms with van der Waals surface area (Å²) in [5.41, 5.74) is 3.97. The van der Waals surface area contributed by atoms with Crippen molar-refractivity contribution in [3.63, 3.8) is 0 Å². The van der Waals surface area contributed by atoms with Crippen LogP contribution in [-0.4, -0.2) is 26.3 Å². The summed E-state index contributed by atoms with van der Waals surface area (Å²) in [4.78, 5) is 47.0. The number of rotatable bonds is 4. The summed E-state index contributed by atoms with van der Waals surface area (Å²) in [5.74, 6) is -0.252. The van der Waals surface area contributed by atoms with Gasteiger partial charge in [-0.2, -0.15) is 0 Å². The van der Waals surface area contributed by atoms with Gasteiger partial charge in [0.2, 0.25) is 5.91 Å². The van der Waals surface area contributed by atoms with Crippen LogP contribution in [0.5, 0.6) is 0 Å². The summed E-state index contributed by atoms with van der Waals surface area (Å²) < 4.78 is 1.62. The summed E-state index contributed by atoms with van der Waals surface area (Å²) in [6.07, 6.45) is 3.23. The monoisotopic (exact) mass is 483 g/mol. The van der Waals surface area contributed by atoms with E-state index in [0.29, 0.717) is 22.6 Å². The molecule has 1 aromatic carbocycles. The van der Waals surface area contributed by atoms with E-state index in [0.717, 1.165) is 27.7 Å². The number of carbonyl (C=O) groups is 2. The van der Waals surface area contributed by atoms with Gasteiger partial charge in [0, 0.05) is 52.8 Å². The fraction of sp³-hybridized carbons (Fsp3) is 0.250. The lowest BCUT2D eigenvalue weighted by atomic mass is 9.96. The van der Waals surface area contributed by atoms with Crippen molar-refractivity contribution in [3.8, 4) is 11.1 Å². The van der Waals surface area contributed by atoms with Gasteiger partial charge in [0.15, 0.2) is 0 Å². The van der Waals surface area contributed by atoms with Crippen molar-refractivity contribution in [1.82, 2.24) is 14.5 Å². The minimum absolute atomic E-state index is 0.131. The molecule has 0 saturated heterocycles. The Kier molecular flexibility index (Phi) is 6.45. The summed E-state index contributed by atoms with van der Waals surface area (Å²) >= 11 is 0. The average molecular weight is 484 g/mol. The fourth-order valence-corrected chi connectivity index (χ4v) is 3.80. The Balaban J connectivity index is 1.64. The predicted molar refractivity (Wildman–Crippen MR) is 142 cm³/mol. The molecule has 0 spiro atoms. The molecule has 0 saturated carbocycles. The number of benzene rings is 1. The van der Waals surface area contributed by atoms with Gasteiger partial charge in [-0.05, 0) is 61.4 Å². The van der Waals surface area contributed by atoms with Crippen LogP contribution in [0, 0.1) is 19.3 Å². The van der Waals surface area contributed by atoms with E-state index in [2.05, 4.69) is 20.6 Å². The Labute approximate surface area is 209 Å². The second-order valence-corrected chi connectivity index (χ2v) is 9.92. The number of hydrogen-bond acceptors (Lipinski definition) is 5. The molecular formula is C28H29N5O3. The highest BCUT2D eigenvalue weighted by Crippen LogP contribution is 2.27. The number of fused-ring (bicyclic) bond motifs is 1. The minimum Gasteiger partial charge on any atom is -0.322 e. The van der Waals surface area contributed by atoms with Gasteiger partial charge in [0.05, 0.1) is 5.52 Å². The summed E-state index contributed by atoms with van der Waals surface area (Å²) in [6.45, 7) is 9.21. The van der Waals surface area contributed by atoms with Crippen molar-refractivity contribution in [1.29, 1.82) is 0 Å². The average Bonchev–Trinajstić information content (AvgIpc) is 2.82. The van der Waals surface area contributed by atoms with Crippen LogP contribution < -0.4 is 16.2 Å². The van der Waals surface area contributed by atoms with E-state index < -0.39 is 5.41 Å². The van der Waals surface area contributed by atoms with Gasteiger partial charge in [0.1, 0.15) is 5.82 Å². The highest BCUT2D eigenvalue weighted by Gasteiger charge is 2.22. The van der Waals surface area contributed by atoms with Crippen LogP contribution in [0.3, 0.4) is 0 Å². The number of pyridine rings is 3. The number of aryl methyl sites for hydroxylation is 3. The third-order valence-corrected chi connectivity index (χ3v) is 5.98. The van der Waals surface area contributed by atoms with Crippen molar-refractivity contribution in [3.05, 3.63) is 82.0 Å². The molecule has 8 nitrogen and oxygen atoms in total. The Morgan fingerprint density at radius 3 is 2.39 bits per heavy atom. The van der Waals surface area contributed by atoms with E-state index >= 15 is 0 Å². The Morgan fingerprint density at radius 1 is 0.917 bits per heavy atom. The van der Waals surface area contributed by atoms with E-state index in [1.807, 2.05) is 32.0 Å². The van der Waals surface area contributed by atoms with Crippen LogP contribution in [0.4, 0.5) is 11.5 Å². The van der Waals surface area contributed by atoms with Gasteiger partial charge >= 0.3 is 0 Å². The highest BCUT2D eigenvalue weighted by atomic mass is 16.2. The van der Waals surface area contributed by atoms with Crippen LogP contribution >= 0.6 is 0 Å². The second-order valence-electron chi connectivity index (χ2n) is 9.92. The van der Waals surface area contributed by atoms with Gasteiger partial charge < -0.3 is 15.2 Å². The topological polar surface area (TPSA) is 106 Å². The Morgan fingerprint density at radius 2 is 1.67 bits per heavy atom. The highest BCUT2D eigenvalue weighted by molar-refractivity contribution is 6.05. The molecule has 0 atom stereocenters. The van der Waals surface area contributed by atoms with Crippen molar-refractivity contribution in [2.45, 2.75) is 34.6 Å². The molecule has 36 heavy (non-hydrogen) atoms. The zero-order valence-corrected chi connectivity index (χ0v) is 21.3. The first kappa shape index (κ1) is 24.8. The molecule has 3 aromatic heterocycles. The van der Waals surface area contributed by atoms with Crippen LogP contribution in [0.15, 0.2) is 59.7 Å². The van der Waals surface area contributed by atoms with Gasteiger partial charge in [-0.15, -0.1) is 0 Å². The number of carbonyl (C=O) groups excluding carboxylic acids is 2. The predicted octanol–water partition coefficient (Wildman–Crippen LogP) is 4.85. The van der Waals surface area contributed by atoms with Crippen molar-refractivity contribution < 1.29 is 9.59 Å². The minimum atomic E-state index is -0.590. The maximum absolute atomic E-state index is 13.2. The van der Waals surface area contributed by atoms with Gasteiger partial charge in [-0.1, -0.05) is 26.8 Å². The van der Waals surface area contributed by atoms with E-state index in [1.165, 1.54) is 12.3 Å². The molecule has 2 amide bonds. The van der Waals surface area contributed by atoms with Gasteiger partial charge in [-0.3, -0.25) is 19.4 Å². The lowest BCUT2D eigenvalue weighted by molar-refractivity contribution is -0.123.